The number of nitrogens with two attached hydrogens (primary N) is 1. The number of hydrogen-bond acceptors (Lipinski definition) is 3. The van der Waals surface area contributed by atoms with Crippen LogP contribution in [0.1, 0.15) is 32.3 Å². The van der Waals surface area contributed by atoms with Crippen LogP contribution < -0.4 is 11.1 Å². The van der Waals surface area contributed by atoms with Crippen molar-refractivity contribution < 1.29 is 0 Å². The molecule has 0 aliphatic heterocycles. The smallest absolute Gasteiger partial charge is 0.101 e. The number of nitrogens with zero attached hydrogens (tertiary/aromatic N) is 1. The van der Waals surface area contributed by atoms with Crippen molar-refractivity contribution in [2.45, 2.75) is 32.7 Å². The van der Waals surface area contributed by atoms with Gasteiger partial charge in [-0.25, -0.2) is 0 Å². The van der Waals surface area contributed by atoms with Gasteiger partial charge in [0.05, 0.1) is 11.3 Å². The fraction of sp³-hybridized carbons (Fsp3) is 0.500. The highest BCUT2D eigenvalue weighted by Crippen LogP contribution is 2.34. The Morgan fingerprint density at radius 2 is 2.12 bits per heavy atom. The van der Waals surface area contributed by atoms with Crippen LogP contribution in [0.4, 0.5) is 11.4 Å². The standard InChI is InChI=1S/C14H19N3/c1-9-3-5-13(10(9)2)17-14-6-4-12(16)7-11(14)8-15/h4,6-7,9-10,13,17H,3,5,16H2,1-2H3. The van der Waals surface area contributed by atoms with Crippen LogP contribution >= 0.6 is 0 Å². The van der Waals surface area contributed by atoms with Gasteiger partial charge in [0.25, 0.3) is 0 Å². The molecule has 2 rings (SSSR count). The van der Waals surface area contributed by atoms with Gasteiger partial charge in [-0.2, -0.15) is 5.26 Å². The van der Waals surface area contributed by atoms with E-state index in [0.717, 1.165) is 11.6 Å². The summed E-state index contributed by atoms with van der Waals surface area (Å²) in [4.78, 5) is 0. The van der Waals surface area contributed by atoms with Crippen molar-refractivity contribution in [3.8, 4) is 6.07 Å². The van der Waals surface area contributed by atoms with Gasteiger partial charge < -0.3 is 11.1 Å². The van der Waals surface area contributed by atoms with E-state index in [-0.39, 0.29) is 0 Å². The average molecular weight is 229 g/mol. The molecule has 3 nitrogen and oxygen atoms in total. The molecule has 0 bridgehead atoms. The molecule has 0 spiro atoms. The quantitative estimate of drug-likeness (QED) is 0.766. The largest absolute Gasteiger partial charge is 0.399 e. The van der Waals surface area contributed by atoms with E-state index in [2.05, 4.69) is 25.2 Å². The monoisotopic (exact) mass is 229 g/mol. The normalized spacial score (nSPS) is 27.7. The van der Waals surface area contributed by atoms with Crippen molar-refractivity contribution in [1.29, 1.82) is 5.26 Å². The van der Waals surface area contributed by atoms with Gasteiger partial charge in [0, 0.05) is 11.7 Å². The van der Waals surface area contributed by atoms with Crippen LogP contribution in [0.15, 0.2) is 18.2 Å². The van der Waals surface area contributed by atoms with Crippen LogP contribution in [0.5, 0.6) is 0 Å². The molecular formula is C14H19N3. The summed E-state index contributed by atoms with van der Waals surface area (Å²) in [5, 5.41) is 12.6. The van der Waals surface area contributed by atoms with Crippen LogP contribution in [-0.4, -0.2) is 6.04 Å². The molecule has 1 fully saturated rings. The summed E-state index contributed by atoms with van der Waals surface area (Å²) >= 11 is 0. The third-order valence-electron chi connectivity index (χ3n) is 3.97. The first-order valence-electron chi connectivity index (χ1n) is 6.18. The van der Waals surface area contributed by atoms with E-state index >= 15 is 0 Å². The molecule has 0 saturated heterocycles. The maximum Gasteiger partial charge on any atom is 0.101 e. The van der Waals surface area contributed by atoms with Crippen LogP contribution in [0.25, 0.3) is 0 Å². The zero-order valence-electron chi connectivity index (χ0n) is 10.4. The first kappa shape index (κ1) is 11.8. The Morgan fingerprint density at radius 1 is 1.35 bits per heavy atom. The van der Waals surface area contributed by atoms with Crippen molar-refractivity contribution in [3.63, 3.8) is 0 Å². The van der Waals surface area contributed by atoms with Gasteiger partial charge in [0.1, 0.15) is 6.07 Å². The second-order valence-electron chi connectivity index (χ2n) is 5.08. The molecule has 1 saturated carbocycles. The molecule has 3 unspecified atom stereocenters. The minimum Gasteiger partial charge on any atom is -0.399 e. The lowest BCUT2D eigenvalue weighted by Crippen LogP contribution is -2.24. The molecule has 0 aromatic heterocycles. The molecule has 3 heteroatoms. The summed E-state index contributed by atoms with van der Waals surface area (Å²) < 4.78 is 0. The minimum atomic E-state index is 0.473. The van der Waals surface area contributed by atoms with E-state index in [4.69, 9.17) is 11.0 Å². The van der Waals surface area contributed by atoms with Gasteiger partial charge in [-0.1, -0.05) is 13.8 Å². The summed E-state index contributed by atoms with van der Waals surface area (Å²) in [6.45, 7) is 4.57. The van der Waals surface area contributed by atoms with Crippen molar-refractivity contribution in [2.24, 2.45) is 11.8 Å². The molecule has 1 aliphatic carbocycles. The number of anilines is 2. The highest BCUT2D eigenvalue weighted by molar-refractivity contribution is 5.63. The molecule has 90 valence electrons. The number of benzene rings is 1. The Labute approximate surface area is 103 Å². The lowest BCUT2D eigenvalue weighted by atomic mass is 9.97. The molecule has 1 aromatic carbocycles. The molecular weight excluding hydrogens is 210 g/mol. The summed E-state index contributed by atoms with van der Waals surface area (Å²) in [5.41, 5.74) is 7.87. The average Bonchev–Trinajstić information content (AvgIpc) is 2.63. The van der Waals surface area contributed by atoms with Crippen molar-refractivity contribution >= 4 is 11.4 Å². The minimum absolute atomic E-state index is 0.473. The van der Waals surface area contributed by atoms with Crippen LogP contribution in [0.2, 0.25) is 0 Å². The molecule has 0 radical (unpaired) electrons. The molecule has 1 aliphatic rings. The SMILES string of the molecule is CC1CCC(Nc2ccc(N)cc2C#N)C1C. The maximum atomic E-state index is 9.09. The fourth-order valence-electron chi connectivity index (χ4n) is 2.55. The Bertz CT molecular complexity index is 447. The fourth-order valence-corrected chi connectivity index (χ4v) is 2.55. The molecule has 17 heavy (non-hydrogen) atoms. The number of nitrogens with one attached hydrogen (secondary N) is 1. The third kappa shape index (κ3) is 2.36. The number of rotatable bonds is 2. The second-order valence-corrected chi connectivity index (χ2v) is 5.08. The molecule has 1 aromatic rings. The van der Waals surface area contributed by atoms with E-state index in [9.17, 15) is 0 Å². The van der Waals surface area contributed by atoms with Crippen molar-refractivity contribution in [1.82, 2.24) is 0 Å². The highest BCUT2D eigenvalue weighted by atomic mass is 14.9. The van der Waals surface area contributed by atoms with Gasteiger partial charge in [-0.05, 0) is 42.9 Å². The van der Waals surface area contributed by atoms with Crippen LogP contribution in [-0.2, 0) is 0 Å². The summed E-state index contributed by atoms with van der Waals surface area (Å²) in [7, 11) is 0. The first-order chi connectivity index (χ1) is 8.11. The van der Waals surface area contributed by atoms with Crippen LogP contribution in [0, 0.1) is 23.2 Å². The number of nitriles is 1. The number of hydrogen-bond donors (Lipinski definition) is 2. The first-order valence-corrected chi connectivity index (χ1v) is 6.18. The Kier molecular flexibility index (Phi) is 3.23. The summed E-state index contributed by atoms with van der Waals surface area (Å²) in [5.74, 6) is 1.41. The Balaban J connectivity index is 2.17. The Hall–Kier alpha value is -1.69. The van der Waals surface area contributed by atoms with Gasteiger partial charge in [0.15, 0.2) is 0 Å². The lowest BCUT2D eigenvalue weighted by molar-refractivity contribution is 0.435. The van der Waals surface area contributed by atoms with Crippen molar-refractivity contribution in [3.05, 3.63) is 23.8 Å². The maximum absolute atomic E-state index is 9.09. The Morgan fingerprint density at radius 3 is 2.71 bits per heavy atom. The second kappa shape index (κ2) is 4.67. The molecule has 3 atom stereocenters. The predicted octanol–water partition coefficient (Wildman–Crippen LogP) is 2.99. The van der Waals surface area contributed by atoms with Crippen molar-refractivity contribution in [2.75, 3.05) is 11.1 Å². The van der Waals surface area contributed by atoms with E-state index in [1.807, 2.05) is 12.1 Å². The zero-order chi connectivity index (χ0) is 12.4. The topological polar surface area (TPSA) is 61.8 Å². The van der Waals surface area contributed by atoms with E-state index in [0.29, 0.717) is 23.2 Å². The third-order valence-corrected chi connectivity index (χ3v) is 3.97. The lowest BCUT2D eigenvalue weighted by Gasteiger charge is -2.21. The van der Waals surface area contributed by atoms with E-state index in [1.165, 1.54) is 12.8 Å². The zero-order valence-corrected chi connectivity index (χ0v) is 10.4. The molecule has 0 amide bonds. The van der Waals surface area contributed by atoms with Gasteiger partial charge >= 0.3 is 0 Å². The molecule has 3 N–H and O–H groups in total. The van der Waals surface area contributed by atoms with Crippen LogP contribution in [0.3, 0.4) is 0 Å². The predicted molar refractivity (Wildman–Crippen MR) is 70.5 cm³/mol. The number of nitrogen functional groups attached to an aromatic ring is 1. The summed E-state index contributed by atoms with van der Waals surface area (Å²) in [6.07, 6.45) is 2.44. The molecule has 0 heterocycles. The highest BCUT2D eigenvalue weighted by Gasteiger charge is 2.29. The van der Waals surface area contributed by atoms with E-state index < -0.39 is 0 Å². The van der Waals surface area contributed by atoms with E-state index in [1.54, 1.807) is 6.07 Å². The summed E-state index contributed by atoms with van der Waals surface area (Å²) in [6, 6.07) is 8.14. The van der Waals surface area contributed by atoms with Gasteiger partial charge in [0.2, 0.25) is 0 Å². The van der Waals surface area contributed by atoms with Gasteiger partial charge in [-0.15, -0.1) is 0 Å². The van der Waals surface area contributed by atoms with Gasteiger partial charge in [-0.3, -0.25) is 0 Å².